The highest BCUT2D eigenvalue weighted by Gasteiger charge is 2.26. The smallest absolute Gasteiger partial charge is 0.227 e. The van der Waals surface area contributed by atoms with E-state index in [2.05, 4.69) is 49.1 Å². The average Bonchev–Trinajstić information content (AvgIpc) is 2.77. The molecule has 1 amide bonds. The molecule has 3 aromatic rings. The Balaban J connectivity index is 1.37. The highest BCUT2D eigenvalue weighted by atomic mass is 79.9. The fourth-order valence-corrected chi connectivity index (χ4v) is 4.09. The van der Waals surface area contributed by atoms with Crippen molar-refractivity contribution in [3.63, 3.8) is 0 Å². The summed E-state index contributed by atoms with van der Waals surface area (Å²) in [6.45, 7) is 5.62. The van der Waals surface area contributed by atoms with E-state index in [9.17, 15) is 4.79 Å². The summed E-state index contributed by atoms with van der Waals surface area (Å²) in [5.74, 6) is 2.20. The van der Waals surface area contributed by atoms with Crippen LogP contribution in [0.15, 0.2) is 59.3 Å². The number of halogens is 1. The van der Waals surface area contributed by atoms with E-state index in [-0.39, 0.29) is 11.8 Å². The Kier molecular flexibility index (Phi) is 6.51. The van der Waals surface area contributed by atoms with Crippen LogP contribution in [0.3, 0.4) is 0 Å². The Morgan fingerprint density at radius 1 is 1.10 bits per heavy atom. The van der Waals surface area contributed by atoms with Crippen molar-refractivity contribution >= 4 is 33.3 Å². The highest BCUT2D eigenvalue weighted by molar-refractivity contribution is 9.10. The zero-order chi connectivity index (χ0) is 21.8. The number of nitrogens with zero attached hydrogens (tertiary/aromatic N) is 3. The van der Waals surface area contributed by atoms with E-state index in [0.717, 1.165) is 53.2 Å². The second-order valence-corrected chi connectivity index (χ2v) is 8.69. The van der Waals surface area contributed by atoms with E-state index in [1.54, 1.807) is 0 Å². The zero-order valence-corrected chi connectivity index (χ0v) is 19.2. The molecule has 1 aliphatic rings. The number of ether oxygens (including phenoxy) is 1. The second-order valence-electron chi connectivity index (χ2n) is 7.78. The number of carbonyl (C=O) groups excluding carboxylic acids is 1. The van der Waals surface area contributed by atoms with Crippen molar-refractivity contribution < 1.29 is 9.53 Å². The van der Waals surface area contributed by atoms with Gasteiger partial charge in [0.15, 0.2) is 0 Å². The summed E-state index contributed by atoms with van der Waals surface area (Å²) in [4.78, 5) is 23.5. The number of carbonyl (C=O) groups is 1. The molecule has 0 spiro atoms. The molecular weight excluding hydrogens is 456 g/mol. The van der Waals surface area contributed by atoms with Crippen molar-refractivity contribution in [2.45, 2.75) is 26.7 Å². The fourth-order valence-electron chi connectivity index (χ4n) is 3.69. The lowest BCUT2D eigenvalue weighted by Crippen LogP contribution is -2.38. The molecule has 1 saturated heterocycles. The maximum atomic E-state index is 12.6. The number of anilines is 2. The van der Waals surface area contributed by atoms with Crippen molar-refractivity contribution in [2.24, 2.45) is 5.92 Å². The lowest BCUT2D eigenvalue weighted by atomic mass is 9.96. The molecule has 7 heteroatoms. The van der Waals surface area contributed by atoms with E-state index >= 15 is 0 Å². The number of benzene rings is 2. The van der Waals surface area contributed by atoms with Gasteiger partial charge in [-0.25, -0.2) is 9.97 Å². The Labute approximate surface area is 190 Å². The lowest BCUT2D eigenvalue weighted by molar-refractivity contribution is -0.120. The Hall–Kier alpha value is -2.93. The summed E-state index contributed by atoms with van der Waals surface area (Å²) >= 11 is 3.44. The molecule has 2 aromatic carbocycles. The van der Waals surface area contributed by atoms with Gasteiger partial charge in [-0.2, -0.15) is 0 Å². The van der Waals surface area contributed by atoms with Gasteiger partial charge < -0.3 is 15.0 Å². The van der Waals surface area contributed by atoms with Crippen LogP contribution in [-0.2, 0) is 4.79 Å². The molecule has 0 radical (unpaired) electrons. The van der Waals surface area contributed by atoms with E-state index in [1.807, 2.05) is 49.4 Å². The highest BCUT2D eigenvalue weighted by Crippen LogP contribution is 2.29. The number of hydrogen-bond donors (Lipinski definition) is 1. The molecule has 0 bridgehead atoms. The molecule has 1 aliphatic heterocycles. The van der Waals surface area contributed by atoms with Crippen molar-refractivity contribution in [2.75, 3.05) is 23.3 Å². The van der Waals surface area contributed by atoms with Crippen LogP contribution in [0.4, 0.5) is 11.5 Å². The van der Waals surface area contributed by atoms with E-state index in [4.69, 9.17) is 4.74 Å². The molecule has 1 N–H and O–H groups in total. The molecule has 0 saturated carbocycles. The van der Waals surface area contributed by atoms with Gasteiger partial charge in [0.05, 0.1) is 0 Å². The van der Waals surface area contributed by atoms with Crippen LogP contribution >= 0.6 is 15.9 Å². The predicted octanol–water partition coefficient (Wildman–Crippen LogP) is 5.50. The molecule has 4 rings (SSSR count). The molecule has 0 aliphatic carbocycles. The second kappa shape index (κ2) is 9.47. The van der Waals surface area contributed by atoms with Crippen LogP contribution in [0.25, 0.3) is 0 Å². The summed E-state index contributed by atoms with van der Waals surface area (Å²) in [5, 5.41) is 3.02. The third-order valence-electron chi connectivity index (χ3n) is 5.68. The first-order valence-electron chi connectivity index (χ1n) is 10.4. The SMILES string of the molecule is Cc1cccc(Oc2cc(N3CCC(C(=O)Nc4cccc(Br)c4)CC3)ncn2)c1C. The Bertz CT molecular complexity index is 1080. The zero-order valence-electron chi connectivity index (χ0n) is 17.6. The molecule has 1 fully saturated rings. The molecular formula is C24H25BrN4O2. The van der Waals surface area contributed by atoms with E-state index in [0.29, 0.717) is 5.88 Å². The number of amides is 1. The minimum absolute atomic E-state index is 0.0114. The minimum Gasteiger partial charge on any atom is -0.439 e. The number of aromatic nitrogens is 2. The molecule has 1 aromatic heterocycles. The van der Waals surface area contributed by atoms with Crippen molar-refractivity contribution in [1.29, 1.82) is 0 Å². The minimum atomic E-state index is -0.0114. The van der Waals surface area contributed by atoms with Gasteiger partial charge in [-0.1, -0.05) is 34.1 Å². The van der Waals surface area contributed by atoms with E-state index in [1.165, 1.54) is 11.9 Å². The van der Waals surface area contributed by atoms with Crippen LogP contribution in [0.2, 0.25) is 0 Å². The van der Waals surface area contributed by atoms with Crippen LogP contribution < -0.4 is 15.0 Å². The summed E-state index contributed by atoms with van der Waals surface area (Å²) < 4.78 is 6.96. The van der Waals surface area contributed by atoms with Gasteiger partial charge in [-0.15, -0.1) is 0 Å². The first-order chi connectivity index (χ1) is 15.0. The van der Waals surface area contributed by atoms with Crippen LogP contribution in [-0.4, -0.2) is 29.0 Å². The van der Waals surface area contributed by atoms with Crippen LogP contribution in [0.5, 0.6) is 11.6 Å². The summed E-state index contributed by atoms with van der Waals surface area (Å²) in [5.41, 5.74) is 3.08. The summed E-state index contributed by atoms with van der Waals surface area (Å²) in [6.07, 6.45) is 3.08. The number of piperidine rings is 1. The maximum absolute atomic E-state index is 12.6. The summed E-state index contributed by atoms with van der Waals surface area (Å²) in [6, 6.07) is 15.5. The van der Waals surface area contributed by atoms with Crippen LogP contribution in [0.1, 0.15) is 24.0 Å². The third-order valence-corrected chi connectivity index (χ3v) is 6.17. The molecule has 31 heavy (non-hydrogen) atoms. The molecule has 0 unspecified atom stereocenters. The number of aryl methyl sites for hydroxylation is 1. The molecule has 0 atom stereocenters. The topological polar surface area (TPSA) is 67.3 Å². The van der Waals surface area contributed by atoms with Crippen molar-refractivity contribution in [3.05, 3.63) is 70.5 Å². The van der Waals surface area contributed by atoms with Gasteiger partial charge in [-0.05, 0) is 62.1 Å². The van der Waals surface area contributed by atoms with Gasteiger partial charge in [-0.3, -0.25) is 4.79 Å². The first-order valence-corrected chi connectivity index (χ1v) is 11.2. The molecule has 2 heterocycles. The van der Waals surface area contributed by atoms with Crippen LogP contribution in [0, 0.1) is 19.8 Å². The molecule has 160 valence electrons. The Morgan fingerprint density at radius 3 is 2.65 bits per heavy atom. The van der Waals surface area contributed by atoms with Gasteiger partial charge in [0.25, 0.3) is 0 Å². The van der Waals surface area contributed by atoms with Gasteiger partial charge >= 0.3 is 0 Å². The third kappa shape index (κ3) is 5.22. The number of hydrogen-bond acceptors (Lipinski definition) is 5. The largest absolute Gasteiger partial charge is 0.439 e. The quantitative estimate of drug-likeness (QED) is 0.521. The first kappa shape index (κ1) is 21.3. The molecule has 6 nitrogen and oxygen atoms in total. The predicted molar refractivity (Wildman–Crippen MR) is 126 cm³/mol. The average molecular weight is 481 g/mol. The van der Waals surface area contributed by atoms with Gasteiger partial charge in [0.2, 0.25) is 11.8 Å². The maximum Gasteiger partial charge on any atom is 0.227 e. The van der Waals surface area contributed by atoms with Crippen molar-refractivity contribution in [1.82, 2.24) is 9.97 Å². The van der Waals surface area contributed by atoms with Crippen molar-refractivity contribution in [3.8, 4) is 11.6 Å². The summed E-state index contributed by atoms with van der Waals surface area (Å²) in [7, 11) is 0. The van der Waals surface area contributed by atoms with Gasteiger partial charge in [0, 0.05) is 35.2 Å². The monoisotopic (exact) mass is 480 g/mol. The van der Waals surface area contributed by atoms with Gasteiger partial charge in [0.1, 0.15) is 17.9 Å². The normalized spacial score (nSPS) is 14.4. The fraction of sp³-hybridized carbons (Fsp3) is 0.292. The van der Waals surface area contributed by atoms with E-state index < -0.39 is 0 Å². The number of rotatable bonds is 5. The lowest BCUT2D eigenvalue weighted by Gasteiger charge is -2.32. The Morgan fingerprint density at radius 2 is 1.87 bits per heavy atom. The standard InChI is InChI=1S/C24H25BrN4O2/c1-16-5-3-8-21(17(16)2)31-23-14-22(26-15-27-23)29-11-9-18(10-12-29)24(30)28-20-7-4-6-19(25)13-20/h3-8,13-15,18H,9-12H2,1-2H3,(H,28,30). The number of nitrogens with one attached hydrogen (secondary N) is 1.